The molecule has 1 nitrogen and oxygen atoms in total. The summed E-state index contributed by atoms with van der Waals surface area (Å²) in [6.45, 7) is 2.46. The molecule has 0 N–H and O–H groups in total. The number of benzene rings is 1. The average molecular weight is 353 g/mol. The van der Waals surface area contributed by atoms with Crippen LogP contribution in [0.5, 0.6) is 5.75 Å². The number of rotatable bonds is 8. The van der Waals surface area contributed by atoms with Crippen molar-refractivity contribution in [1.82, 2.24) is 0 Å². The molecule has 20 heavy (non-hydrogen) atoms. The largest absolute Gasteiger partial charge is 0.493 e. The molecule has 114 valence electrons. The minimum atomic E-state index is -4.38. The van der Waals surface area contributed by atoms with Gasteiger partial charge in [-0.3, -0.25) is 0 Å². The molecule has 0 aliphatic rings. The summed E-state index contributed by atoms with van der Waals surface area (Å²) >= 11 is 3.16. The lowest BCUT2D eigenvalue weighted by Crippen LogP contribution is -2.10. The number of ether oxygens (including phenoxy) is 1. The molecule has 5 heteroatoms. The van der Waals surface area contributed by atoms with Crippen LogP contribution in [0.2, 0.25) is 0 Å². The highest BCUT2D eigenvalue weighted by molar-refractivity contribution is 9.08. The molecule has 0 unspecified atom stereocenters. The predicted octanol–water partition coefficient (Wildman–Crippen LogP) is 5.95. The monoisotopic (exact) mass is 352 g/mol. The van der Waals surface area contributed by atoms with Crippen molar-refractivity contribution in [3.63, 3.8) is 0 Å². The Hall–Kier alpha value is -0.710. The average Bonchev–Trinajstić information content (AvgIpc) is 2.41. The number of halogens is 4. The van der Waals surface area contributed by atoms with E-state index < -0.39 is 11.7 Å². The zero-order valence-electron chi connectivity index (χ0n) is 11.6. The van der Waals surface area contributed by atoms with Crippen molar-refractivity contribution in [2.45, 2.75) is 50.5 Å². The van der Waals surface area contributed by atoms with Gasteiger partial charge in [0.25, 0.3) is 0 Å². The Morgan fingerprint density at radius 1 is 1.10 bits per heavy atom. The fourth-order valence-corrected chi connectivity index (χ4v) is 2.24. The number of hydrogen-bond donors (Lipinski definition) is 0. The molecule has 0 aliphatic heterocycles. The summed E-state index contributed by atoms with van der Waals surface area (Å²) in [5.41, 5.74) is -0.101. The minimum absolute atomic E-state index is 0.0716. The summed E-state index contributed by atoms with van der Waals surface area (Å²) in [5, 5.41) is 0.396. The van der Waals surface area contributed by atoms with E-state index in [9.17, 15) is 13.2 Å². The SMILES string of the molecule is CCCCCCCOc1ccc(CBr)cc1C(F)(F)F. The molecule has 1 rings (SSSR count). The summed E-state index contributed by atoms with van der Waals surface area (Å²) in [5.74, 6) is -0.0716. The van der Waals surface area contributed by atoms with E-state index in [0.717, 1.165) is 38.2 Å². The fraction of sp³-hybridized carbons (Fsp3) is 0.600. The third-order valence-corrected chi connectivity index (χ3v) is 3.66. The van der Waals surface area contributed by atoms with Gasteiger partial charge < -0.3 is 4.74 Å². The van der Waals surface area contributed by atoms with Crippen LogP contribution in [-0.4, -0.2) is 6.61 Å². The zero-order chi connectivity index (χ0) is 15.0. The van der Waals surface area contributed by atoms with Crippen molar-refractivity contribution in [3.8, 4) is 5.75 Å². The Balaban J connectivity index is 2.60. The molecule has 0 heterocycles. The smallest absolute Gasteiger partial charge is 0.419 e. The lowest BCUT2D eigenvalue weighted by molar-refractivity contribution is -0.139. The van der Waals surface area contributed by atoms with Gasteiger partial charge in [-0.15, -0.1) is 0 Å². The molecule has 0 saturated carbocycles. The highest BCUT2D eigenvalue weighted by Gasteiger charge is 2.34. The second-order valence-electron chi connectivity index (χ2n) is 4.72. The van der Waals surface area contributed by atoms with Crippen LogP contribution in [0.15, 0.2) is 18.2 Å². The maximum Gasteiger partial charge on any atom is 0.419 e. The van der Waals surface area contributed by atoms with Crippen molar-refractivity contribution >= 4 is 15.9 Å². The molecule has 0 saturated heterocycles. The fourth-order valence-electron chi connectivity index (χ4n) is 1.90. The normalized spacial score (nSPS) is 11.7. The Morgan fingerprint density at radius 3 is 2.40 bits per heavy atom. The molecule has 0 spiro atoms. The molecule has 0 atom stereocenters. The van der Waals surface area contributed by atoms with Crippen molar-refractivity contribution in [1.29, 1.82) is 0 Å². The van der Waals surface area contributed by atoms with Gasteiger partial charge in [-0.2, -0.15) is 13.2 Å². The first-order valence-corrected chi connectivity index (χ1v) is 8.00. The second kappa shape index (κ2) is 8.55. The van der Waals surface area contributed by atoms with Gasteiger partial charge in [0.2, 0.25) is 0 Å². The minimum Gasteiger partial charge on any atom is -0.493 e. The summed E-state index contributed by atoms with van der Waals surface area (Å²) in [7, 11) is 0. The molecule has 0 amide bonds. The topological polar surface area (TPSA) is 9.23 Å². The zero-order valence-corrected chi connectivity index (χ0v) is 13.2. The van der Waals surface area contributed by atoms with E-state index in [1.54, 1.807) is 6.07 Å². The quantitative estimate of drug-likeness (QED) is 0.415. The molecular weight excluding hydrogens is 333 g/mol. The number of unbranched alkanes of at least 4 members (excludes halogenated alkanes) is 4. The molecule has 1 aromatic carbocycles. The standard InChI is InChI=1S/C15H20BrF3O/c1-2-3-4-5-6-9-20-14-8-7-12(11-16)10-13(14)15(17,18)19/h7-8,10H,2-6,9,11H2,1H3. The van der Waals surface area contributed by atoms with Crippen LogP contribution in [0, 0.1) is 0 Å². The van der Waals surface area contributed by atoms with Gasteiger partial charge in [0.1, 0.15) is 5.75 Å². The molecule has 0 radical (unpaired) electrons. The van der Waals surface area contributed by atoms with Crippen LogP contribution >= 0.6 is 15.9 Å². The molecular formula is C15H20BrF3O. The van der Waals surface area contributed by atoms with E-state index in [-0.39, 0.29) is 5.75 Å². The lowest BCUT2D eigenvalue weighted by Gasteiger charge is -2.15. The van der Waals surface area contributed by atoms with E-state index >= 15 is 0 Å². The molecule has 0 aromatic heterocycles. The first-order chi connectivity index (χ1) is 9.49. The van der Waals surface area contributed by atoms with Crippen LogP contribution in [0.3, 0.4) is 0 Å². The second-order valence-corrected chi connectivity index (χ2v) is 5.29. The molecule has 0 fully saturated rings. The third kappa shape index (κ3) is 5.73. The first-order valence-electron chi connectivity index (χ1n) is 6.88. The van der Waals surface area contributed by atoms with E-state index in [4.69, 9.17) is 4.74 Å². The van der Waals surface area contributed by atoms with Gasteiger partial charge in [-0.25, -0.2) is 0 Å². The Bertz CT molecular complexity index is 405. The van der Waals surface area contributed by atoms with Gasteiger partial charge in [-0.1, -0.05) is 54.6 Å². The maximum absolute atomic E-state index is 12.9. The van der Waals surface area contributed by atoms with Crippen LogP contribution < -0.4 is 4.74 Å². The highest BCUT2D eigenvalue weighted by Crippen LogP contribution is 2.37. The summed E-state index contributed by atoms with van der Waals surface area (Å²) < 4.78 is 44.1. The molecule has 0 bridgehead atoms. The Labute approximate surface area is 126 Å². The third-order valence-electron chi connectivity index (χ3n) is 3.01. The maximum atomic E-state index is 12.9. The van der Waals surface area contributed by atoms with Crippen molar-refractivity contribution in [3.05, 3.63) is 29.3 Å². The van der Waals surface area contributed by atoms with Gasteiger partial charge in [0, 0.05) is 5.33 Å². The van der Waals surface area contributed by atoms with Gasteiger partial charge in [-0.05, 0) is 24.1 Å². The number of alkyl halides is 4. The van der Waals surface area contributed by atoms with Gasteiger partial charge in [0.05, 0.1) is 12.2 Å². The Kier molecular flexibility index (Phi) is 7.41. The van der Waals surface area contributed by atoms with E-state index in [0.29, 0.717) is 17.5 Å². The van der Waals surface area contributed by atoms with E-state index in [1.807, 2.05) is 0 Å². The summed E-state index contributed by atoms with van der Waals surface area (Å²) in [6.07, 6.45) is 0.817. The van der Waals surface area contributed by atoms with Crippen LogP contribution in [0.1, 0.15) is 50.2 Å². The highest BCUT2D eigenvalue weighted by atomic mass is 79.9. The summed E-state index contributed by atoms with van der Waals surface area (Å²) in [6, 6.07) is 4.20. The van der Waals surface area contributed by atoms with E-state index in [2.05, 4.69) is 22.9 Å². The molecule has 1 aromatic rings. The van der Waals surface area contributed by atoms with Crippen molar-refractivity contribution in [2.24, 2.45) is 0 Å². The predicted molar refractivity (Wildman–Crippen MR) is 78.3 cm³/mol. The van der Waals surface area contributed by atoms with Crippen LogP contribution in [0.4, 0.5) is 13.2 Å². The van der Waals surface area contributed by atoms with Crippen molar-refractivity contribution < 1.29 is 17.9 Å². The van der Waals surface area contributed by atoms with Crippen LogP contribution in [-0.2, 0) is 11.5 Å². The Morgan fingerprint density at radius 2 is 1.80 bits per heavy atom. The molecule has 0 aliphatic carbocycles. The van der Waals surface area contributed by atoms with Crippen molar-refractivity contribution in [2.75, 3.05) is 6.61 Å². The van der Waals surface area contributed by atoms with Gasteiger partial charge >= 0.3 is 6.18 Å². The van der Waals surface area contributed by atoms with Gasteiger partial charge in [0.15, 0.2) is 0 Å². The van der Waals surface area contributed by atoms with Crippen LogP contribution in [0.25, 0.3) is 0 Å². The summed E-state index contributed by atoms with van der Waals surface area (Å²) in [4.78, 5) is 0. The van der Waals surface area contributed by atoms with E-state index in [1.165, 1.54) is 6.07 Å². The lowest BCUT2D eigenvalue weighted by atomic mass is 10.1. The first kappa shape index (κ1) is 17.3. The number of hydrogen-bond acceptors (Lipinski definition) is 1.